The lowest BCUT2D eigenvalue weighted by Crippen LogP contribution is -2.09. The van der Waals surface area contributed by atoms with Crippen molar-refractivity contribution in [3.63, 3.8) is 0 Å². The molecule has 4 nitrogen and oxygen atoms in total. The Kier molecular flexibility index (Phi) is 3.65. The molecule has 0 atom stereocenters. The van der Waals surface area contributed by atoms with E-state index in [4.69, 9.17) is 5.11 Å². The van der Waals surface area contributed by atoms with Crippen molar-refractivity contribution >= 4 is 5.97 Å². The van der Waals surface area contributed by atoms with Gasteiger partial charge >= 0.3 is 5.97 Å². The van der Waals surface area contributed by atoms with E-state index in [1.165, 1.54) is 0 Å². The van der Waals surface area contributed by atoms with E-state index in [0.29, 0.717) is 6.42 Å². The molecule has 0 amide bonds. The zero-order chi connectivity index (χ0) is 11.4. The first-order chi connectivity index (χ1) is 7.06. The molecule has 0 aliphatic rings. The smallest absolute Gasteiger partial charge is 0.339 e. The lowest BCUT2D eigenvalue weighted by Gasteiger charge is -2.05. The highest BCUT2D eigenvalue weighted by Crippen LogP contribution is 2.20. The first kappa shape index (κ1) is 11.5. The Bertz CT molecular complexity index is 369. The fourth-order valence-electron chi connectivity index (χ4n) is 1.11. The van der Waals surface area contributed by atoms with E-state index in [-0.39, 0.29) is 5.82 Å². The Morgan fingerprint density at radius 3 is 2.73 bits per heavy atom. The second kappa shape index (κ2) is 4.77. The first-order valence-corrected chi connectivity index (χ1v) is 4.43. The van der Waals surface area contributed by atoms with Crippen LogP contribution >= 0.6 is 0 Å². The number of nitrogens with zero attached hydrogens (tertiary/aromatic N) is 2. The Morgan fingerprint density at radius 2 is 2.27 bits per heavy atom. The number of aromatic carboxylic acids is 1. The second-order valence-corrected chi connectivity index (χ2v) is 2.94. The maximum atomic E-state index is 12.5. The zero-order valence-electron chi connectivity index (χ0n) is 8.07. The minimum Gasteiger partial charge on any atom is -0.478 e. The monoisotopic (exact) mass is 216 g/mol. The summed E-state index contributed by atoms with van der Waals surface area (Å²) in [4.78, 5) is 17.8. The molecule has 1 rings (SSSR count). The van der Waals surface area contributed by atoms with E-state index in [1.807, 2.05) is 6.92 Å². The molecule has 1 aromatic rings. The summed E-state index contributed by atoms with van der Waals surface area (Å²) in [5, 5.41) is 8.62. The lowest BCUT2D eigenvalue weighted by molar-refractivity contribution is 0.0681. The van der Waals surface area contributed by atoms with Gasteiger partial charge in [0.05, 0.1) is 0 Å². The van der Waals surface area contributed by atoms with Crippen molar-refractivity contribution < 1.29 is 18.7 Å². The standard InChI is InChI=1S/C9H10F2N2O2/c1-2-3-6-12-4-5(9(14)15)7(13-6)8(10)11/h4,8H,2-3H2,1H3,(H,14,15). The number of rotatable bonds is 4. The van der Waals surface area contributed by atoms with Crippen LogP contribution in [0.2, 0.25) is 0 Å². The number of carboxylic acid groups (broad SMARTS) is 1. The molecule has 0 spiro atoms. The second-order valence-electron chi connectivity index (χ2n) is 2.94. The molecule has 0 saturated carbocycles. The fourth-order valence-corrected chi connectivity index (χ4v) is 1.11. The van der Waals surface area contributed by atoms with Gasteiger partial charge in [-0.05, 0) is 6.42 Å². The van der Waals surface area contributed by atoms with Crippen LogP contribution in [0.15, 0.2) is 6.20 Å². The van der Waals surface area contributed by atoms with Crippen molar-refractivity contribution in [1.82, 2.24) is 9.97 Å². The summed E-state index contributed by atoms with van der Waals surface area (Å²) in [7, 11) is 0. The van der Waals surface area contributed by atoms with Gasteiger partial charge < -0.3 is 5.11 Å². The van der Waals surface area contributed by atoms with Crippen molar-refractivity contribution in [2.45, 2.75) is 26.2 Å². The molecule has 0 bridgehead atoms. The zero-order valence-corrected chi connectivity index (χ0v) is 8.07. The number of aromatic nitrogens is 2. The summed E-state index contributed by atoms with van der Waals surface area (Å²) >= 11 is 0. The Morgan fingerprint density at radius 1 is 1.60 bits per heavy atom. The molecule has 6 heteroatoms. The third kappa shape index (κ3) is 2.68. The molecular weight excluding hydrogens is 206 g/mol. The molecule has 1 aromatic heterocycles. The van der Waals surface area contributed by atoms with Crippen molar-refractivity contribution in [1.29, 1.82) is 0 Å². The highest BCUT2D eigenvalue weighted by atomic mass is 19.3. The minimum atomic E-state index is -2.89. The largest absolute Gasteiger partial charge is 0.478 e. The van der Waals surface area contributed by atoms with Crippen LogP contribution in [0.4, 0.5) is 8.78 Å². The first-order valence-electron chi connectivity index (χ1n) is 4.43. The van der Waals surface area contributed by atoms with Crippen LogP contribution in [0.3, 0.4) is 0 Å². The maximum Gasteiger partial charge on any atom is 0.339 e. The van der Waals surface area contributed by atoms with Gasteiger partial charge in [0.1, 0.15) is 17.1 Å². The normalized spacial score (nSPS) is 10.7. The highest BCUT2D eigenvalue weighted by Gasteiger charge is 2.20. The van der Waals surface area contributed by atoms with Crippen molar-refractivity contribution in [3.05, 3.63) is 23.3 Å². The molecule has 0 saturated heterocycles. The van der Waals surface area contributed by atoms with Crippen molar-refractivity contribution in [2.24, 2.45) is 0 Å². The maximum absolute atomic E-state index is 12.5. The molecule has 1 heterocycles. The predicted molar refractivity (Wildman–Crippen MR) is 47.9 cm³/mol. The molecule has 0 unspecified atom stereocenters. The SMILES string of the molecule is CCCc1ncc(C(=O)O)c(C(F)F)n1. The summed E-state index contributed by atoms with van der Waals surface area (Å²) in [6.07, 6.45) is -0.786. The third-order valence-corrected chi connectivity index (χ3v) is 1.78. The Balaban J connectivity index is 3.15. The van der Waals surface area contributed by atoms with Crippen LogP contribution in [0.1, 0.15) is 41.6 Å². The van der Waals surface area contributed by atoms with E-state index < -0.39 is 23.7 Å². The third-order valence-electron chi connectivity index (χ3n) is 1.78. The average Bonchev–Trinajstić information content (AvgIpc) is 2.17. The van der Waals surface area contributed by atoms with Gasteiger partial charge in [0.25, 0.3) is 6.43 Å². The number of halogens is 2. The topological polar surface area (TPSA) is 63.1 Å². The van der Waals surface area contributed by atoms with E-state index in [1.54, 1.807) is 0 Å². The van der Waals surface area contributed by atoms with Crippen LogP contribution < -0.4 is 0 Å². The predicted octanol–water partition coefficient (Wildman–Crippen LogP) is 2.06. The molecule has 0 aliphatic carbocycles. The number of aryl methyl sites for hydroxylation is 1. The van der Waals surface area contributed by atoms with Gasteiger partial charge in [-0.2, -0.15) is 0 Å². The van der Waals surface area contributed by atoms with Crippen LogP contribution in [0.5, 0.6) is 0 Å². The van der Waals surface area contributed by atoms with Gasteiger partial charge in [0, 0.05) is 12.6 Å². The summed E-state index contributed by atoms with van der Waals surface area (Å²) in [6.45, 7) is 1.86. The molecule has 82 valence electrons. The van der Waals surface area contributed by atoms with E-state index in [0.717, 1.165) is 12.6 Å². The molecule has 15 heavy (non-hydrogen) atoms. The highest BCUT2D eigenvalue weighted by molar-refractivity contribution is 5.88. The van der Waals surface area contributed by atoms with Gasteiger partial charge in [-0.15, -0.1) is 0 Å². The number of carbonyl (C=O) groups is 1. The molecule has 0 aromatic carbocycles. The molecule has 0 fully saturated rings. The van der Waals surface area contributed by atoms with Gasteiger partial charge in [-0.1, -0.05) is 6.92 Å². The number of hydrogen-bond donors (Lipinski definition) is 1. The van der Waals surface area contributed by atoms with E-state index in [9.17, 15) is 13.6 Å². The Hall–Kier alpha value is -1.59. The summed E-state index contributed by atoms with van der Waals surface area (Å²) in [6, 6.07) is 0. The van der Waals surface area contributed by atoms with Crippen LogP contribution in [-0.2, 0) is 6.42 Å². The summed E-state index contributed by atoms with van der Waals surface area (Å²) in [5.74, 6) is -1.19. The van der Waals surface area contributed by atoms with Gasteiger partial charge in [0.2, 0.25) is 0 Å². The average molecular weight is 216 g/mol. The van der Waals surface area contributed by atoms with Crippen molar-refractivity contribution in [2.75, 3.05) is 0 Å². The molecular formula is C9H10F2N2O2. The van der Waals surface area contributed by atoms with Crippen molar-refractivity contribution in [3.8, 4) is 0 Å². The molecule has 0 radical (unpaired) electrons. The summed E-state index contributed by atoms with van der Waals surface area (Å²) in [5.41, 5.74) is -1.24. The van der Waals surface area contributed by atoms with E-state index in [2.05, 4.69) is 9.97 Å². The van der Waals surface area contributed by atoms with Crippen LogP contribution in [-0.4, -0.2) is 21.0 Å². The van der Waals surface area contributed by atoms with Gasteiger partial charge in [-0.25, -0.2) is 23.5 Å². The number of carboxylic acids is 1. The fraction of sp³-hybridized carbons (Fsp3) is 0.444. The molecule has 0 aliphatic heterocycles. The van der Waals surface area contributed by atoms with Gasteiger partial charge in [-0.3, -0.25) is 0 Å². The van der Waals surface area contributed by atoms with E-state index >= 15 is 0 Å². The molecule has 1 N–H and O–H groups in total. The Labute approximate surface area is 85.0 Å². The number of hydrogen-bond acceptors (Lipinski definition) is 3. The van der Waals surface area contributed by atoms with Crippen LogP contribution in [0.25, 0.3) is 0 Å². The van der Waals surface area contributed by atoms with Gasteiger partial charge in [0.15, 0.2) is 0 Å². The quantitative estimate of drug-likeness (QED) is 0.836. The number of alkyl halides is 2. The minimum absolute atomic E-state index is 0.248. The summed E-state index contributed by atoms with van der Waals surface area (Å²) < 4.78 is 24.9. The lowest BCUT2D eigenvalue weighted by atomic mass is 10.2. The van der Waals surface area contributed by atoms with Crippen LogP contribution in [0, 0.1) is 0 Å².